The number of carbonyl (C=O) groups is 2. The summed E-state index contributed by atoms with van der Waals surface area (Å²) in [6, 6.07) is 4.59. The summed E-state index contributed by atoms with van der Waals surface area (Å²) >= 11 is 0. The molecule has 0 bridgehead atoms. The van der Waals surface area contributed by atoms with Gasteiger partial charge in [0.1, 0.15) is 6.54 Å². The quantitative estimate of drug-likeness (QED) is 0.449. The molecule has 1 aromatic carbocycles. The largest absolute Gasteiger partial charge is 0.468 e. The Morgan fingerprint density at radius 2 is 1.96 bits per heavy atom. The van der Waals surface area contributed by atoms with Crippen LogP contribution in [-0.2, 0) is 25.3 Å². The third-order valence-electron chi connectivity index (χ3n) is 3.02. The van der Waals surface area contributed by atoms with Crippen LogP contribution in [0.3, 0.4) is 0 Å². The molecule has 0 aliphatic rings. The lowest BCUT2D eigenvalue weighted by molar-refractivity contribution is -0.147. The van der Waals surface area contributed by atoms with Crippen molar-refractivity contribution in [3.05, 3.63) is 35.4 Å². The van der Waals surface area contributed by atoms with E-state index in [1.54, 1.807) is 0 Å². The summed E-state index contributed by atoms with van der Waals surface area (Å²) in [5, 5.41) is 3.62. The van der Waals surface area contributed by atoms with Gasteiger partial charge in [0.05, 0.1) is 18.4 Å². The average Bonchev–Trinajstić information content (AvgIpc) is 2.53. The molecule has 24 heavy (non-hydrogen) atoms. The number of halogens is 3. The lowest BCUT2D eigenvalue weighted by atomic mass is 10.1. The summed E-state index contributed by atoms with van der Waals surface area (Å²) in [5.41, 5.74) is -0.395. The molecule has 0 heterocycles. The molecule has 0 saturated carbocycles. The Morgan fingerprint density at radius 3 is 2.54 bits per heavy atom. The standard InChI is InChI=1S/C15H17F3N2O4/c1-10(11-5-4-6-12(7-11)15(16,17)18)19-24-9-13(21)20(2)8-14(22)23-3/h4-7H,8-9H2,1-3H3. The first-order valence-corrected chi connectivity index (χ1v) is 6.80. The van der Waals surface area contributed by atoms with Crippen molar-refractivity contribution in [1.29, 1.82) is 0 Å². The van der Waals surface area contributed by atoms with Crippen LogP contribution in [-0.4, -0.2) is 49.8 Å². The number of benzene rings is 1. The van der Waals surface area contributed by atoms with Crippen LogP contribution in [0, 0.1) is 0 Å². The highest BCUT2D eigenvalue weighted by Crippen LogP contribution is 2.29. The summed E-state index contributed by atoms with van der Waals surface area (Å²) in [6.07, 6.45) is -4.45. The van der Waals surface area contributed by atoms with Crippen molar-refractivity contribution in [2.75, 3.05) is 27.3 Å². The fraction of sp³-hybridized carbons (Fsp3) is 0.400. The Kier molecular flexibility index (Phi) is 6.75. The van der Waals surface area contributed by atoms with Gasteiger partial charge in [-0.2, -0.15) is 13.2 Å². The first-order valence-electron chi connectivity index (χ1n) is 6.80. The van der Waals surface area contributed by atoms with Gasteiger partial charge in [-0.1, -0.05) is 17.3 Å². The maximum Gasteiger partial charge on any atom is 0.416 e. The van der Waals surface area contributed by atoms with Crippen LogP contribution in [0.1, 0.15) is 18.1 Å². The molecule has 9 heteroatoms. The molecule has 1 rings (SSSR count). The zero-order chi connectivity index (χ0) is 18.3. The number of alkyl halides is 3. The summed E-state index contributed by atoms with van der Waals surface area (Å²) in [5.74, 6) is -1.12. The van der Waals surface area contributed by atoms with Crippen LogP contribution in [0.2, 0.25) is 0 Å². The molecule has 6 nitrogen and oxygen atoms in total. The van der Waals surface area contributed by atoms with Gasteiger partial charge in [0.2, 0.25) is 0 Å². The number of esters is 1. The van der Waals surface area contributed by atoms with Crippen LogP contribution in [0.4, 0.5) is 13.2 Å². The highest BCUT2D eigenvalue weighted by Gasteiger charge is 2.30. The predicted molar refractivity (Wildman–Crippen MR) is 79.3 cm³/mol. The van der Waals surface area contributed by atoms with E-state index >= 15 is 0 Å². The van der Waals surface area contributed by atoms with Crippen LogP contribution in [0.5, 0.6) is 0 Å². The maximum absolute atomic E-state index is 12.7. The number of likely N-dealkylation sites (N-methyl/N-ethyl adjacent to an activating group) is 1. The van der Waals surface area contributed by atoms with E-state index in [2.05, 4.69) is 9.89 Å². The van der Waals surface area contributed by atoms with E-state index in [1.165, 1.54) is 33.2 Å². The number of amides is 1. The van der Waals surface area contributed by atoms with Crippen molar-refractivity contribution in [3.63, 3.8) is 0 Å². The summed E-state index contributed by atoms with van der Waals surface area (Å²) in [7, 11) is 2.58. The number of oxime groups is 1. The molecule has 132 valence electrons. The molecule has 1 amide bonds. The predicted octanol–water partition coefficient (Wildman–Crippen LogP) is 2.08. The zero-order valence-electron chi connectivity index (χ0n) is 13.4. The van der Waals surface area contributed by atoms with Crippen molar-refractivity contribution in [2.24, 2.45) is 5.16 Å². The number of rotatable bonds is 6. The molecule has 0 unspecified atom stereocenters. The van der Waals surface area contributed by atoms with Gasteiger partial charge in [-0.05, 0) is 24.6 Å². The molecular weight excluding hydrogens is 329 g/mol. The van der Waals surface area contributed by atoms with E-state index < -0.39 is 30.2 Å². The Bertz CT molecular complexity index is 629. The highest BCUT2D eigenvalue weighted by molar-refractivity contribution is 5.98. The Labute approximate surface area is 136 Å². The fourth-order valence-electron chi connectivity index (χ4n) is 1.61. The van der Waals surface area contributed by atoms with Crippen molar-refractivity contribution < 1.29 is 32.3 Å². The van der Waals surface area contributed by atoms with Gasteiger partial charge in [0.15, 0.2) is 6.61 Å². The summed E-state index contributed by atoms with van der Waals surface area (Å²) < 4.78 is 42.4. The molecule has 0 fully saturated rings. The van der Waals surface area contributed by atoms with Gasteiger partial charge in [-0.15, -0.1) is 0 Å². The smallest absolute Gasteiger partial charge is 0.416 e. The van der Waals surface area contributed by atoms with E-state index in [0.29, 0.717) is 0 Å². The number of ether oxygens (including phenoxy) is 1. The van der Waals surface area contributed by atoms with Crippen LogP contribution in [0.25, 0.3) is 0 Å². The van der Waals surface area contributed by atoms with E-state index in [9.17, 15) is 22.8 Å². The lowest BCUT2D eigenvalue weighted by Gasteiger charge is -2.14. The van der Waals surface area contributed by atoms with Crippen LogP contribution >= 0.6 is 0 Å². The third kappa shape index (κ3) is 5.90. The zero-order valence-corrected chi connectivity index (χ0v) is 13.4. The third-order valence-corrected chi connectivity index (χ3v) is 3.02. The van der Waals surface area contributed by atoms with Gasteiger partial charge in [-0.3, -0.25) is 9.59 Å². The second kappa shape index (κ2) is 8.32. The van der Waals surface area contributed by atoms with Gasteiger partial charge < -0.3 is 14.5 Å². The number of hydrogen-bond acceptors (Lipinski definition) is 5. The number of methoxy groups -OCH3 is 1. The van der Waals surface area contributed by atoms with E-state index in [-0.39, 0.29) is 17.8 Å². The molecular formula is C15H17F3N2O4. The lowest BCUT2D eigenvalue weighted by Crippen LogP contribution is -2.34. The maximum atomic E-state index is 12.7. The number of carbonyl (C=O) groups excluding carboxylic acids is 2. The van der Waals surface area contributed by atoms with E-state index in [1.807, 2.05) is 0 Å². The van der Waals surface area contributed by atoms with Gasteiger partial charge in [-0.25, -0.2) is 0 Å². The molecule has 0 N–H and O–H groups in total. The second-order valence-corrected chi connectivity index (χ2v) is 4.85. The molecule has 0 aromatic heterocycles. The minimum absolute atomic E-state index is 0.185. The summed E-state index contributed by atoms with van der Waals surface area (Å²) in [6.45, 7) is 0.761. The molecule has 0 saturated heterocycles. The summed E-state index contributed by atoms with van der Waals surface area (Å²) in [4.78, 5) is 28.6. The first-order chi connectivity index (χ1) is 11.1. The normalized spacial score (nSPS) is 11.8. The second-order valence-electron chi connectivity index (χ2n) is 4.85. The van der Waals surface area contributed by atoms with Crippen molar-refractivity contribution in [3.8, 4) is 0 Å². The monoisotopic (exact) mass is 346 g/mol. The fourth-order valence-corrected chi connectivity index (χ4v) is 1.61. The van der Waals surface area contributed by atoms with E-state index in [0.717, 1.165) is 17.0 Å². The SMILES string of the molecule is COC(=O)CN(C)C(=O)CON=C(C)c1cccc(C(F)(F)F)c1. The molecule has 0 spiro atoms. The van der Waals surface area contributed by atoms with E-state index in [4.69, 9.17) is 4.84 Å². The number of nitrogens with zero attached hydrogens (tertiary/aromatic N) is 2. The Balaban J connectivity index is 2.65. The molecule has 0 aliphatic heterocycles. The minimum atomic E-state index is -4.45. The van der Waals surface area contributed by atoms with Gasteiger partial charge in [0.25, 0.3) is 5.91 Å². The van der Waals surface area contributed by atoms with Gasteiger partial charge in [0, 0.05) is 7.05 Å². The Hall–Kier alpha value is -2.58. The number of hydrogen-bond donors (Lipinski definition) is 0. The molecule has 0 aliphatic carbocycles. The first kappa shape index (κ1) is 19.5. The molecule has 1 aromatic rings. The molecule has 0 atom stereocenters. The van der Waals surface area contributed by atoms with Crippen molar-refractivity contribution in [1.82, 2.24) is 4.90 Å². The van der Waals surface area contributed by atoms with Crippen molar-refractivity contribution in [2.45, 2.75) is 13.1 Å². The minimum Gasteiger partial charge on any atom is -0.468 e. The van der Waals surface area contributed by atoms with Crippen LogP contribution in [0.15, 0.2) is 29.4 Å². The average molecular weight is 346 g/mol. The topological polar surface area (TPSA) is 68.2 Å². The molecule has 0 radical (unpaired) electrons. The van der Waals surface area contributed by atoms with Crippen molar-refractivity contribution >= 4 is 17.6 Å². The van der Waals surface area contributed by atoms with Gasteiger partial charge >= 0.3 is 12.1 Å². The highest BCUT2D eigenvalue weighted by atomic mass is 19.4. The van der Waals surface area contributed by atoms with Crippen LogP contribution < -0.4 is 0 Å². The Morgan fingerprint density at radius 1 is 1.29 bits per heavy atom.